The molecule has 2 aromatic carbocycles. The van der Waals surface area contributed by atoms with Crippen LogP contribution < -0.4 is 15.2 Å². The molecule has 0 bridgehead atoms. The molecule has 146 valence electrons. The van der Waals surface area contributed by atoms with Gasteiger partial charge in [0.15, 0.2) is 11.5 Å². The molecule has 5 heteroatoms. The Bertz CT molecular complexity index is 864. The van der Waals surface area contributed by atoms with E-state index in [1.807, 2.05) is 52.1 Å². The van der Waals surface area contributed by atoms with Crippen LogP contribution in [0.1, 0.15) is 38.8 Å². The summed E-state index contributed by atoms with van der Waals surface area (Å²) in [6.45, 7) is 8.00. The number of aromatic hydroxyl groups is 1. The van der Waals surface area contributed by atoms with Crippen LogP contribution in [0.4, 0.5) is 5.69 Å². The molecule has 3 aromatic rings. The number of hydrogen-bond donors (Lipinski definition) is 2. The Morgan fingerprint density at radius 1 is 0.926 bits per heavy atom. The molecule has 0 spiro atoms. The molecule has 0 unspecified atom stereocenters. The SMILES string of the molecule is CC.CC.COc1cc2cncc(Cc3ccc(N)c(O)c3)c2cc1OC. The Morgan fingerprint density at radius 3 is 2.15 bits per heavy atom. The standard InChI is InChI=1S/C18H18N2O3.2C2H6/c1-22-17-7-13-10-20-9-12(14(13)8-18(17)23-2)5-11-3-4-15(19)16(21)6-11;2*1-2/h3-4,6-10,21H,5,19H2,1-2H3;2*1-2H3. The van der Waals surface area contributed by atoms with Gasteiger partial charge in [-0.25, -0.2) is 0 Å². The Morgan fingerprint density at radius 2 is 1.56 bits per heavy atom. The number of fused-ring (bicyclic) bond motifs is 1. The van der Waals surface area contributed by atoms with E-state index in [1.165, 1.54) is 0 Å². The molecule has 0 atom stereocenters. The number of benzene rings is 2. The van der Waals surface area contributed by atoms with Crippen molar-refractivity contribution < 1.29 is 14.6 Å². The van der Waals surface area contributed by atoms with Crippen LogP contribution in [0.5, 0.6) is 17.2 Å². The summed E-state index contributed by atoms with van der Waals surface area (Å²) in [6, 6.07) is 9.13. The molecule has 3 rings (SSSR count). The Kier molecular flexibility index (Phi) is 8.93. The fourth-order valence-corrected chi connectivity index (χ4v) is 2.62. The van der Waals surface area contributed by atoms with Gasteiger partial charge in [0, 0.05) is 17.8 Å². The first-order valence-corrected chi connectivity index (χ1v) is 9.18. The number of pyridine rings is 1. The summed E-state index contributed by atoms with van der Waals surface area (Å²) in [4.78, 5) is 4.30. The molecule has 0 radical (unpaired) electrons. The van der Waals surface area contributed by atoms with E-state index in [0.29, 0.717) is 23.6 Å². The highest BCUT2D eigenvalue weighted by Crippen LogP contribution is 2.34. The molecule has 0 saturated heterocycles. The lowest BCUT2D eigenvalue weighted by Crippen LogP contribution is -1.95. The van der Waals surface area contributed by atoms with Crippen molar-refractivity contribution in [2.45, 2.75) is 34.1 Å². The second-order valence-electron chi connectivity index (χ2n) is 5.30. The van der Waals surface area contributed by atoms with Crippen LogP contribution in [0.3, 0.4) is 0 Å². The summed E-state index contributed by atoms with van der Waals surface area (Å²) in [5.41, 5.74) is 8.02. The van der Waals surface area contributed by atoms with E-state index < -0.39 is 0 Å². The van der Waals surface area contributed by atoms with Crippen LogP contribution in [0.25, 0.3) is 10.8 Å². The third-order valence-corrected chi connectivity index (χ3v) is 3.84. The van der Waals surface area contributed by atoms with Gasteiger partial charge in [-0.1, -0.05) is 33.8 Å². The number of hydrogen-bond acceptors (Lipinski definition) is 5. The van der Waals surface area contributed by atoms with E-state index in [9.17, 15) is 5.11 Å². The molecule has 0 saturated carbocycles. The zero-order valence-electron chi connectivity index (χ0n) is 17.0. The van der Waals surface area contributed by atoms with E-state index >= 15 is 0 Å². The van der Waals surface area contributed by atoms with Gasteiger partial charge in [0.1, 0.15) is 5.75 Å². The van der Waals surface area contributed by atoms with Gasteiger partial charge in [-0.2, -0.15) is 0 Å². The quantitative estimate of drug-likeness (QED) is 0.488. The van der Waals surface area contributed by atoms with Gasteiger partial charge in [0.05, 0.1) is 19.9 Å². The van der Waals surface area contributed by atoms with Crippen molar-refractivity contribution in [3.8, 4) is 17.2 Å². The molecular weight excluding hydrogens is 340 g/mol. The van der Waals surface area contributed by atoms with Gasteiger partial charge in [0.25, 0.3) is 0 Å². The van der Waals surface area contributed by atoms with E-state index in [0.717, 1.165) is 21.9 Å². The normalized spacial score (nSPS) is 9.56. The number of nitrogens with zero attached hydrogens (tertiary/aromatic N) is 1. The van der Waals surface area contributed by atoms with Gasteiger partial charge in [-0.15, -0.1) is 0 Å². The van der Waals surface area contributed by atoms with Crippen LogP contribution in [0.15, 0.2) is 42.7 Å². The molecule has 0 fully saturated rings. The smallest absolute Gasteiger partial charge is 0.161 e. The zero-order valence-corrected chi connectivity index (χ0v) is 17.0. The van der Waals surface area contributed by atoms with Crippen LogP contribution >= 0.6 is 0 Å². The average Bonchev–Trinajstić information content (AvgIpc) is 2.73. The van der Waals surface area contributed by atoms with Crippen LogP contribution in [0.2, 0.25) is 0 Å². The molecular formula is C22H30N2O3. The first kappa shape index (κ1) is 22.1. The van der Waals surface area contributed by atoms with E-state index in [4.69, 9.17) is 15.2 Å². The number of phenols is 1. The van der Waals surface area contributed by atoms with E-state index in [2.05, 4.69) is 4.98 Å². The second kappa shape index (κ2) is 10.9. The fourth-order valence-electron chi connectivity index (χ4n) is 2.62. The molecule has 1 aromatic heterocycles. The Hall–Kier alpha value is -2.95. The van der Waals surface area contributed by atoms with Crippen molar-refractivity contribution in [3.05, 3.63) is 53.9 Å². The van der Waals surface area contributed by atoms with Crippen molar-refractivity contribution in [2.24, 2.45) is 0 Å². The van der Waals surface area contributed by atoms with Gasteiger partial charge in [-0.3, -0.25) is 4.98 Å². The highest BCUT2D eigenvalue weighted by atomic mass is 16.5. The molecule has 0 aliphatic rings. The monoisotopic (exact) mass is 370 g/mol. The number of rotatable bonds is 4. The fraction of sp³-hybridized carbons (Fsp3) is 0.318. The molecule has 0 amide bonds. The maximum absolute atomic E-state index is 9.76. The van der Waals surface area contributed by atoms with Gasteiger partial charge >= 0.3 is 0 Å². The number of aromatic nitrogens is 1. The highest BCUT2D eigenvalue weighted by molar-refractivity contribution is 5.88. The van der Waals surface area contributed by atoms with Crippen LogP contribution in [-0.4, -0.2) is 24.3 Å². The number of phenolic OH excluding ortho intramolecular Hbond substituents is 1. The first-order chi connectivity index (χ1) is 13.1. The predicted octanol–water partition coefficient (Wildman–Crippen LogP) is 5.18. The molecule has 27 heavy (non-hydrogen) atoms. The number of ether oxygens (including phenoxy) is 2. The highest BCUT2D eigenvalue weighted by Gasteiger charge is 2.10. The zero-order chi connectivity index (χ0) is 20.4. The van der Waals surface area contributed by atoms with Crippen LogP contribution in [-0.2, 0) is 6.42 Å². The van der Waals surface area contributed by atoms with Crippen molar-refractivity contribution in [1.82, 2.24) is 4.98 Å². The van der Waals surface area contributed by atoms with Crippen LogP contribution in [0, 0.1) is 0 Å². The number of nitrogens with two attached hydrogens (primary N) is 1. The second-order valence-corrected chi connectivity index (χ2v) is 5.30. The number of nitrogen functional groups attached to an aromatic ring is 1. The van der Waals surface area contributed by atoms with Gasteiger partial charge < -0.3 is 20.3 Å². The number of anilines is 1. The summed E-state index contributed by atoms with van der Waals surface area (Å²) in [6.07, 6.45) is 4.25. The van der Waals surface area contributed by atoms with Gasteiger partial charge in [0.2, 0.25) is 0 Å². The molecule has 0 aliphatic heterocycles. The molecule has 3 N–H and O–H groups in total. The topological polar surface area (TPSA) is 77.6 Å². The maximum Gasteiger partial charge on any atom is 0.161 e. The molecule has 1 heterocycles. The third kappa shape index (κ3) is 5.26. The minimum atomic E-state index is 0.0925. The van der Waals surface area contributed by atoms with Gasteiger partial charge in [-0.05, 0) is 47.2 Å². The van der Waals surface area contributed by atoms with Crippen molar-refractivity contribution >= 4 is 16.5 Å². The Balaban J connectivity index is 0.000000855. The minimum Gasteiger partial charge on any atom is -0.506 e. The summed E-state index contributed by atoms with van der Waals surface area (Å²) in [5.74, 6) is 1.44. The summed E-state index contributed by atoms with van der Waals surface area (Å²) in [5, 5.41) is 11.8. The lowest BCUT2D eigenvalue weighted by Gasteiger charge is -2.12. The van der Waals surface area contributed by atoms with Crippen molar-refractivity contribution in [1.29, 1.82) is 0 Å². The largest absolute Gasteiger partial charge is 0.506 e. The summed E-state index contributed by atoms with van der Waals surface area (Å²) < 4.78 is 10.7. The molecule has 5 nitrogen and oxygen atoms in total. The minimum absolute atomic E-state index is 0.0925. The Labute approximate surface area is 161 Å². The lowest BCUT2D eigenvalue weighted by molar-refractivity contribution is 0.356. The number of methoxy groups -OCH3 is 2. The third-order valence-electron chi connectivity index (χ3n) is 3.84. The van der Waals surface area contributed by atoms with E-state index in [-0.39, 0.29) is 5.75 Å². The van der Waals surface area contributed by atoms with E-state index in [1.54, 1.807) is 32.5 Å². The lowest BCUT2D eigenvalue weighted by atomic mass is 10.00. The van der Waals surface area contributed by atoms with Crippen molar-refractivity contribution in [3.63, 3.8) is 0 Å². The molecule has 0 aliphatic carbocycles. The van der Waals surface area contributed by atoms with Crippen molar-refractivity contribution in [2.75, 3.05) is 20.0 Å². The average molecular weight is 370 g/mol. The first-order valence-electron chi connectivity index (χ1n) is 9.18. The predicted molar refractivity (Wildman–Crippen MR) is 113 cm³/mol. The summed E-state index contributed by atoms with van der Waals surface area (Å²) >= 11 is 0. The summed E-state index contributed by atoms with van der Waals surface area (Å²) in [7, 11) is 3.22. The maximum atomic E-state index is 9.76.